The summed E-state index contributed by atoms with van der Waals surface area (Å²) in [6.45, 7) is 4.32. The minimum Gasteiger partial charge on any atom is -0.334 e. The van der Waals surface area contributed by atoms with Crippen LogP contribution >= 0.6 is 0 Å². The highest BCUT2D eigenvalue weighted by atomic mass is 16.5. The van der Waals surface area contributed by atoms with E-state index in [0.717, 1.165) is 12.0 Å². The van der Waals surface area contributed by atoms with Crippen molar-refractivity contribution in [2.75, 3.05) is 0 Å². The topological polar surface area (TPSA) is 64.9 Å². The standard InChI is InChI=1S/C14H19N3O/c1-10(2)8-12(15)9-13-16-14(18-17-13)11-6-4-3-5-7-11/h3-7,10,12H,8-9,15H2,1-2H3/t12-/m0/s1. The molecule has 1 aromatic heterocycles. The molecule has 0 saturated carbocycles. The van der Waals surface area contributed by atoms with Gasteiger partial charge in [0.25, 0.3) is 5.89 Å². The Balaban J connectivity index is 2.03. The zero-order chi connectivity index (χ0) is 13.0. The largest absolute Gasteiger partial charge is 0.334 e. The van der Waals surface area contributed by atoms with E-state index in [1.165, 1.54) is 0 Å². The maximum absolute atomic E-state index is 6.03. The van der Waals surface area contributed by atoms with Crippen molar-refractivity contribution < 1.29 is 4.52 Å². The van der Waals surface area contributed by atoms with E-state index in [0.29, 0.717) is 24.1 Å². The molecular weight excluding hydrogens is 226 g/mol. The molecular formula is C14H19N3O. The highest BCUT2D eigenvalue weighted by molar-refractivity contribution is 5.51. The van der Waals surface area contributed by atoms with Crippen LogP contribution in [0.3, 0.4) is 0 Å². The molecule has 0 spiro atoms. The number of benzene rings is 1. The van der Waals surface area contributed by atoms with Crippen molar-refractivity contribution >= 4 is 0 Å². The summed E-state index contributed by atoms with van der Waals surface area (Å²) in [5, 5.41) is 3.97. The van der Waals surface area contributed by atoms with Crippen LogP contribution in [0.2, 0.25) is 0 Å². The molecule has 0 radical (unpaired) electrons. The number of nitrogens with zero attached hydrogens (tertiary/aromatic N) is 2. The fourth-order valence-corrected chi connectivity index (χ4v) is 1.96. The van der Waals surface area contributed by atoms with Crippen molar-refractivity contribution in [1.82, 2.24) is 10.1 Å². The quantitative estimate of drug-likeness (QED) is 0.879. The average Bonchev–Trinajstić information content (AvgIpc) is 2.77. The maximum Gasteiger partial charge on any atom is 0.257 e. The van der Waals surface area contributed by atoms with E-state index in [2.05, 4.69) is 24.0 Å². The molecule has 1 aromatic carbocycles. The second kappa shape index (κ2) is 5.78. The second-order valence-electron chi connectivity index (χ2n) is 4.98. The highest BCUT2D eigenvalue weighted by Gasteiger charge is 2.12. The van der Waals surface area contributed by atoms with Crippen LogP contribution in [0.1, 0.15) is 26.1 Å². The predicted octanol–water partition coefficient (Wildman–Crippen LogP) is 2.65. The zero-order valence-electron chi connectivity index (χ0n) is 10.8. The van der Waals surface area contributed by atoms with E-state index in [4.69, 9.17) is 10.3 Å². The highest BCUT2D eigenvalue weighted by Crippen LogP contribution is 2.17. The summed E-state index contributed by atoms with van der Waals surface area (Å²) in [5.41, 5.74) is 6.97. The third-order valence-corrected chi connectivity index (χ3v) is 2.71. The Morgan fingerprint density at radius 1 is 1.22 bits per heavy atom. The van der Waals surface area contributed by atoms with E-state index in [9.17, 15) is 0 Å². The molecule has 0 saturated heterocycles. The fraction of sp³-hybridized carbons (Fsp3) is 0.429. The van der Waals surface area contributed by atoms with Crippen LogP contribution in [0.5, 0.6) is 0 Å². The van der Waals surface area contributed by atoms with Gasteiger partial charge in [0.15, 0.2) is 5.82 Å². The molecule has 4 heteroatoms. The van der Waals surface area contributed by atoms with Gasteiger partial charge in [0.1, 0.15) is 0 Å². The lowest BCUT2D eigenvalue weighted by molar-refractivity contribution is 0.414. The Hall–Kier alpha value is -1.68. The van der Waals surface area contributed by atoms with Crippen molar-refractivity contribution in [1.29, 1.82) is 0 Å². The molecule has 0 fully saturated rings. The SMILES string of the molecule is CC(C)C[C@H](N)Cc1noc(-c2ccccc2)n1. The Kier molecular flexibility index (Phi) is 4.10. The van der Waals surface area contributed by atoms with Gasteiger partial charge in [-0.25, -0.2) is 0 Å². The first-order valence-electron chi connectivity index (χ1n) is 6.28. The van der Waals surface area contributed by atoms with Gasteiger partial charge in [-0.2, -0.15) is 4.98 Å². The Labute approximate surface area is 107 Å². The Morgan fingerprint density at radius 2 is 1.94 bits per heavy atom. The molecule has 0 unspecified atom stereocenters. The van der Waals surface area contributed by atoms with Crippen molar-refractivity contribution in [2.24, 2.45) is 11.7 Å². The summed E-state index contributed by atoms with van der Waals surface area (Å²) in [7, 11) is 0. The summed E-state index contributed by atoms with van der Waals surface area (Å²) >= 11 is 0. The molecule has 0 amide bonds. The Bertz CT molecular complexity index is 479. The third kappa shape index (κ3) is 3.40. The average molecular weight is 245 g/mol. The summed E-state index contributed by atoms with van der Waals surface area (Å²) in [6.07, 6.45) is 1.63. The first-order chi connectivity index (χ1) is 8.65. The Morgan fingerprint density at radius 3 is 2.61 bits per heavy atom. The van der Waals surface area contributed by atoms with E-state index in [1.54, 1.807) is 0 Å². The molecule has 2 N–H and O–H groups in total. The van der Waals surface area contributed by atoms with Crippen molar-refractivity contribution in [3.8, 4) is 11.5 Å². The van der Waals surface area contributed by atoms with Gasteiger partial charge in [-0.1, -0.05) is 37.2 Å². The maximum atomic E-state index is 6.03. The van der Waals surface area contributed by atoms with Crippen molar-refractivity contribution in [3.63, 3.8) is 0 Å². The fourth-order valence-electron chi connectivity index (χ4n) is 1.96. The molecule has 96 valence electrons. The number of aromatic nitrogens is 2. The number of hydrogen-bond donors (Lipinski definition) is 1. The molecule has 2 rings (SSSR count). The lowest BCUT2D eigenvalue weighted by Gasteiger charge is -2.10. The van der Waals surface area contributed by atoms with Crippen LogP contribution in [0, 0.1) is 5.92 Å². The van der Waals surface area contributed by atoms with Crippen LogP contribution in [-0.4, -0.2) is 16.2 Å². The normalized spacial score (nSPS) is 12.9. The number of rotatable bonds is 5. The van der Waals surface area contributed by atoms with E-state index in [1.807, 2.05) is 30.3 Å². The van der Waals surface area contributed by atoms with Gasteiger partial charge in [0.2, 0.25) is 0 Å². The molecule has 18 heavy (non-hydrogen) atoms. The van der Waals surface area contributed by atoms with Gasteiger partial charge < -0.3 is 10.3 Å². The minimum absolute atomic E-state index is 0.0891. The molecule has 2 aromatic rings. The van der Waals surface area contributed by atoms with Crippen LogP contribution < -0.4 is 5.73 Å². The van der Waals surface area contributed by atoms with Gasteiger partial charge in [0.05, 0.1) is 0 Å². The number of nitrogens with two attached hydrogens (primary N) is 1. The van der Waals surface area contributed by atoms with Gasteiger partial charge in [-0.3, -0.25) is 0 Å². The monoisotopic (exact) mass is 245 g/mol. The zero-order valence-corrected chi connectivity index (χ0v) is 10.8. The summed E-state index contributed by atoms with van der Waals surface area (Å²) in [5.74, 6) is 1.82. The van der Waals surface area contributed by atoms with E-state index < -0.39 is 0 Å². The summed E-state index contributed by atoms with van der Waals surface area (Å²) in [6, 6.07) is 9.84. The van der Waals surface area contributed by atoms with Crippen LogP contribution in [-0.2, 0) is 6.42 Å². The molecule has 0 bridgehead atoms. The van der Waals surface area contributed by atoms with Gasteiger partial charge in [0, 0.05) is 18.0 Å². The van der Waals surface area contributed by atoms with E-state index in [-0.39, 0.29) is 6.04 Å². The number of hydrogen-bond acceptors (Lipinski definition) is 4. The second-order valence-corrected chi connectivity index (χ2v) is 4.98. The molecule has 4 nitrogen and oxygen atoms in total. The predicted molar refractivity (Wildman–Crippen MR) is 70.9 cm³/mol. The van der Waals surface area contributed by atoms with Crippen LogP contribution in [0.25, 0.3) is 11.5 Å². The lowest BCUT2D eigenvalue weighted by Crippen LogP contribution is -2.25. The van der Waals surface area contributed by atoms with Crippen LogP contribution in [0.15, 0.2) is 34.9 Å². The lowest BCUT2D eigenvalue weighted by atomic mass is 10.0. The molecule has 0 aliphatic heterocycles. The van der Waals surface area contributed by atoms with E-state index >= 15 is 0 Å². The molecule has 0 aliphatic rings. The van der Waals surface area contributed by atoms with Gasteiger partial charge in [-0.05, 0) is 24.5 Å². The molecule has 1 heterocycles. The molecule has 1 atom stereocenters. The van der Waals surface area contributed by atoms with Gasteiger partial charge >= 0.3 is 0 Å². The molecule has 0 aliphatic carbocycles. The minimum atomic E-state index is 0.0891. The smallest absolute Gasteiger partial charge is 0.257 e. The third-order valence-electron chi connectivity index (χ3n) is 2.71. The van der Waals surface area contributed by atoms with Crippen molar-refractivity contribution in [2.45, 2.75) is 32.7 Å². The summed E-state index contributed by atoms with van der Waals surface area (Å²) < 4.78 is 5.24. The van der Waals surface area contributed by atoms with Crippen molar-refractivity contribution in [3.05, 3.63) is 36.2 Å². The van der Waals surface area contributed by atoms with Gasteiger partial charge in [-0.15, -0.1) is 0 Å². The van der Waals surface area contributed by atoms with Crippen LogP contribution in [0.4, 0.5) is 0 Å². The summed E-state index contributed by atoms with van der Waals surface area (Å²) in [4.78, 5) is 4.37. The first kappa shape index (κ1) is 12.8. The first-order valence-corrected chi connectivity index (χ1v) is 6.28.